The van der Waals surface area contributed by atoms with Gasteiger partial charge in [0, 0.05) is 6.20 Å². The molecule has 0 aliphatic heterocycles. The molecule has 0 fully saturated rings. The molecule has 0 saturated heterocycles. The molecule has 2 rings (SSSR count). The average molecular weight is 213 g/mol. The topological polar surface area (TPSA) is 64.9 Å². The van der Waals surface area contributed by atoms with E-state index in [1.165, 1.54) is 11.1 Å². The molecule has 1 aromatic carbocycles. The summed E-state index contributed by atoms with van der Waals surface area (Å²) in [6, 6.07) is 10.3. The van der Waals surface area contributed by atoms with E-state index in [0.717, 1.165) is 12.0 Å². The summed E-state index contributed by atoms with van der Waals surface area (Å²) in [7, 11) is 0. The molecule has 3 heteroatoms. The first-order valence-electron chi connectivity index (χ1n) is 5.21. The first kappa shape index (κ1) is 10.5. The van der Waals surface area contributed by atoms with Crippen molar-refractivity contribution in [2.45, 2.75) is 13.3 Å². The summed E-state index contributed by atoms with van der Waals surface area (Å²) in [5, 5.41) is 0. The number of rotatable bonds is 2. The van der Waals surface area contributed by atoms with Crippen LogP contribution in [-0.4, -0.2) is 4.98 Å². The highest BCUT2D eigenvalue weighted by atomic mass is 14.9. The molecule has 0 radical (unpaired) electrons. The van der Waals surface area contributed by atoms with Gasteiger partial charge in [0.15, 0.2) is 0 Å². The Hall–Kier alpha value is -2.03. The average Bonchev–Trinajstić information content (AvgIpc) is 2.28. The summed E-state index contributed by atoms with van der Waals surface area (Å²) < 4.78 is 0. The van der Waals surface area contributed by atoms with E-state index in [4.69, 9.17) is 11.5 Å². The van der Waals surface area contributed by atoms with Crippen molar-refractivity contribution in [2.24, 2.45) is 0 Å². The minimum absolute atomic E-state index is 0.407. The molecular weight excluding hydrogens is 198 g/mol. The molecule has 3 nitrogen and oxygen atoms in total. The standard InChI is InChI=1S/C13H15N3/c1-9-2-4-10(5-3-9)8-11-6-7-16-13(15)12(11)14/h2-7H,8,14H2,1H3,(H2,15,16). The summed E-state index contributed by atoms with van der Waals surface area (Å²) in [5.41, 5.74) is 15.6. The van der Waals surface area contributed by atoms with Gasteiger partial charge in [-0.15, -0.1) is 0 Å². The van der Waals surface area contributed by atoms with E-state index >= 15 is 0 Å². The Bertz CT molecular complexity index is 489. The van der Waals surface area contributed by atoms with Crippen LogP contribution in [0.5, 0.6) is 0 Å². The quantitative estimate of drug-likeness (QED) is 0.803. The molecule has 0 amide bonds. The zero-order valence-corrected chi connectivity index (χ0v) is 9.27. The third kappa shape index (κ3) is 2.14. The summed E-state index contributed by atoms with van der Waals surface area (Å²) in [5.74, 6) is 0.407. The van der Waals surface area contributed by atoms with Gasteiger partial charge in [-0.3, -0.25) is 0 Å². The van der Waals surface area contributed by atoms with E-state index in [1.807, 2.05) is 6.07 Å². The Labute approximate surface area is 95.1 Å². The lowest BCUT2D eigenvalue weighted by atomic mass is 10.0. The second-order valence-corrected chi connectivity index (χ2v) is 3.93. The van der Waals surface area contributed by atoms with Crippen molar-refractivity contribution in [2.75, 3.05) is 11.5 Å². The fourth-order valence-corrected chi connectivity index (χ4v) is 1.61. The van der Waals surface area contributed by atoms with Crippen LogP contribution in [-0.2, 0) is 6.42 Å². The number of pyridine rings is 1. The second kappa shape index (κ2) is 4.23. The Balaban J connectivity index is 2.27. The van der Waals surface area contributed by atoms with Crippen molar-refractivity contribution in [3.8, 4) is 0 Å². The Morgan fingerprint density at radius 3 is 2.44 bits per heavy atom. The molecule has 0 aliphatic carbocycles. The van der Waals surface area contributed by atoms with Crippen LogP contribution in [0.15, 0.2) is 36.5 Å². The number of nitrogens with zero attached hydrogens (tertiary/aromatic N) is 1. The van der Waals surface area contributed by atoms with Crippen LogP contribution in [0, 0.1) is 6.92 Å². The zero-order valence-electron chi connectivity index (χ0n) is 9.27. The lowest BCUT2D eigenvalue weighted by Gasteiger charge is -2.07. The van der Waals surface area contributed by atoms with Gasteiger partial charge in [0.2, 0.25) is 0 Å². The molecule has 4 N–H and O–H groups in total. The minimum Gasteiger partial charge on any atom is -0.396 e. The van der Waals surface area contributed by atoms with Crippen molar-refractivity contribution < 1.29 is 0 Å². The molecular formula is C13H15N3. The van der Waals surface area contributed by atoms with Crippen LogP contribution in [0.3, 0.4) is 0 Å². The fraction of sp³-hybridized carbons (Fsp3) is 0.154. The van der Waals surface area contributed by atoms with Gasteiger partial charge in [-0.2, -0.15) is 0 Å². The number of nitrogen functional groups attached to an aromatic ring is 2. The predicted octanol–water partition coefficient (Wildman–Crippen LogP) is 2.15. The van der Waals surface area contributed by atoms with Crippen LogP contribution >= 0.6 is 0 Å². The molecule has 0 atom stereocenters. The molecule has 0 saturated carbocycles. The molecule has 82 valence electrons. The maximum Gasteiger partial charge on any atom is 0.146 e. The lowest BCUT2D eigenvalue weighted by molar-refractivity contribution is 1.17. The molecule has 0 spiro atoms. The number of aryl methyl sites for hydroxylation is 1. The van der Waals surface area contributed by atoms with E-state index in [-0.39, 0.29) is 0 Å². The smallest absolute Gasteiger partial charge is 0.146 e. The van der Waals surface area contributed by atoms with E-state index in [0.29, 0.717) is 11.5 Å². The van der Waals surface area contributed by atoms with Crippen molar-refractivity contribution >= 4 is 11.5 Å². The highest BCUT2D eigenvalue weighted by molar-refractivity contribution is 5.63. The molecule has 0 unspecified atom stereocenters. The Morgan fingerprint density at radius 2 is 1.75 bits per heavy atom. The summed E-state index contributed by atoms with van der Waals surface area (Å²) in [6.45, 7) is 2.07. The molecule has 16 heavy (non-hydrogen) atoms. The van der Waals surface area contributed by atoms with Gasteiger partial charge in [0.05, 0.1) is 5.69 Å². The monoisotopic (exact) mass is 213 g/mol. The second-order valence-electron chi connectivity index (χ2n) is 3.93. The van der Waals surface area contributed by atoms with Crippen LogP contribution in [0.1, 0.15) is 16.7 Å². The number of anilines is 2. The zero-order chi connectivity index (χ0) is 11.5. The largest absolute Gasteiger partial charge is 0.396 e. The summed E-state index contributed by atoms with van der Waals surface area (Å²) >= 11 is 0. The number of hydrogen-bond acceptors (Lipinski definition) is 3. The first-order valence-corrected chi connectivity index (χ1v) is 5.21. The van der Waals surface area contributed by atoms with Gasteiger partial charge < -0.3 is 11.5 Å². The van der Waals surface area contributed by atoms with E-state index < -0.39 is 0 Å². The van der Waals surface area contributed by atoms with Crippen molar-refractivity contribution in [1.82, 2.24) is 4.98 Å². The van der Waals surface area contributed by atoms with E-state index in [1.54, 1.807) is 6.20 Å². The van der Waals surface area contributed by atoms with Crippen molar-refractivity contribution in [3.63, 3.8) is 0 Å². The van der Waals surface area contributed by atoms with E-state index in [2.05, 4.69) is 36.2 Å². The van der Waals surface area contributed by atoms with Gasteiger partial charge in [-0.1, -0.05) is 29.8 Å². The Morgan fingerprint density at radius 1 is 1.06 bits per heavy atom. The van der Waals surface area contributed by atoms with Crippen molar-refractivity contribution in [1.29, 1.82) is 0 Å². The van der Waals surface area contributed by atoms with Crippen LogP contribution in [0.25, 0.3) is 0 Å². The highest BCUT2D eigenvalue weighted by Crippen LogP contribution is 2.20. The SMILES string of the molecule is Cc1ccc(Cc2ccnc(N)c2N)cc1. The lowest BCUT2D eigenvalue weighted by Crippen LogP contribution is -2.02. The molecule has 0 aliphatic rings. The molecule has 1 aromatic heterocycles. The molecule has 2 aromatic rings. The first-order chi connectivity index (χ1) is 7.66. The van der Waals surface area contributed by atoms with Gasteiger partial charge in [-0.05, 0) is 30.5 Å². The van der Waals surface area contributed by atoms with Gasteiger partial charge in [-0.25, -0.2) is 4.98 Å². The summed E-state index contributed by atoms with van der Waals surface area (Å²) in [4.78, 5) is 3.95. The number of benzene rings is 1. The number of nitrogens with two attached hydrogens (primary N) is 2. The minimum atomic E-state index is 0.407. The maximum absolute atomic E-state index is 5.87. The van der Waals surface area contributed by atoms with Crippen LogP contribution in [0.4, 0.5) is 11.5 Å². The molecule has 1 heterocycles. The number of aromatic nitrogens is 1. The van der Waals surface area contributed by atoms with Gasteiger partial charge in [0.25, 0.3) is 0 Å². The van der Waals surface area contributed by atoms with Gasteiger partial charge in [0.1, 0.15) is 5.82 Å². The maximum atomic E-state index is 5.87. The van der Waals surface area contributed by atoms with Gasteiger partial charge >= 0.3 is 0 Å². The third-order valence-electron chi connectivity index (χ3n) is 2.63. The highest BCUT2D eigenvalue weighted by Gasteiger charge is 2.04. The predicted molar refractivity (Wildman–Crippen MR) is 67.0 cm³/mol. The third-order valence-corrected chi connectivity index (χ3v) is 2.63. The van der Waals surface area contributed by atoms with Crippen LogP contribution < -0.4 is 11.5 Å². The van der Waals surface area contributed by atoms with Crippen LogP contribution in [0.2, 0.25) is 0 Å². The number of hydrogen-bond donors (Lipinski definition) is 2. The summed E-state index contributed by atoms with van der Waals surface area (Å²) in [6.07, 6.45) is 2.48. The van der Waals surface area contributed by atoms with Crippen molar-refractivity contribution in [3.05, 3.63) is 53.2 Å². The Kier molecular flexibility index (Phi) is 2.77. The molecule has 0 bridgehead atoms. The van der Waals surface area contributed by atoms with E-state index in [9.17, 15) is 0 Å². The fourth-order valence-electron chi connectivity index (χ4n) is 1.61. The normalized spacial score (nSPS) is 10.3.